The molecule has 0 N–H and O–H groups in total. The summed E-state index contributed by atoms with van der Waals surface area (Å²) in [5.74, 6) is 0.916. The van der Waals surface area contributed by atoms with Crippen molar-refractivity contribution >= 4 is 33.3 Å². The van der Waals surface area contributed by atoms with E-state index in [2.05, 4.69) is 14.9 Å². The van der Waals surface area contributed by atoms with Crippen LogP contribution in [0, 0.1) is 0 Å². The lowest BCUT2D eigenvalue weighted by Gasteiger charge is -2.30. The largest absolute Gasteiger partial charge is 0.344 e. The lowest BCUT2D eigenvalue weighted by molar-refractivity contribution is -0.132. The fourth-order valence-corrected chi connectivity index (χ4v) is 4.79. The van der Waals surface area contributed by atoms with Gasteiger partial charge in [-0.3, -0.25) is 9.69 Å². The summed E-state index contributed by atoms with van der Waals surface area (Å²) in [5.41, 5.74) is 0. The molecule has 0 bridgehead atoms. The average molecular weight is 395 g/mol. The van der Waals surface area contributed by atoms with Crippen LogP contribution in [0.25, 0.3) is 10.2 Å². The first kappa shape index (κ1) is 18.5. The number of thiophene rings is 1. The van der Waals surface area contributed by atoms with E-state index in [0.717, 1.165) is 41.8 Å². The summed E-state index contributed by atoms with van der Waals surface area (Å²) in [5, 5.41) is 2.98. The zero-order valence-electron chi connectivity index (χ0n) is 15.1. The molecule has 0 aliphatic carbocycles. The first-order valence-corrected chi connectivity index (χ1v) is 10.3. The Hall–Kier alpha value is -1.87. The van der Waals surface area contributed by atoms with Gasteiger partial charge in [0, 0.05) is 32.7 Å². The number of aromatic nitrogens is 2. The highest BCUT2D eigenvalue weighted by atomic mass is 32.1. The molecular weight excluding hydrogens is 372 g/mol. The molecule has 2 aliphatic heterocycles. The molecule has 2 aliphatic rings. The number of alkyl halides is 2. The van der Waals surface area contributed by atoms with Crippen molar-refractivity contribution in [2.24, 2.45) is 0 Å². The average Bonchev–Trinajstić information content (AvgIpc) is 3.26. The summed E-state index contributed by atoms with van der Waals surface area (Å²) in [6.45, 7) is 2.83. The van der Waals surface area contributed by atoms with Gasteiger partial charge in [-0.25, -0.2) is 18.7 Å². The second-order valence-corrected chi connectivity index (χ2v) is 7.95. The molecule has 1 unspecified atom stereocenters. The van der Waals surface area contributed by atoms with Gasteiger partial charge in [-0.1, -0.05) is 0 Å². The predicted molar refractivity (Wildman–Crippen MR) is 101 cm³/mol. The predicted octanol–water partition coefficient (Wildman–Crippen LogP) is 2.46. The van der Waals surface area contributed by atoms with Gasteiger partial charge in [0.25, 0.3) is 6.43 Å². The van der Waals surface area contributed by atoms with Crippen LogP contribution in [-0.4, -0.2) is 77.4 Å². The van der Waals surface area contributed by atoms with E-state index in [1.807, 2.05) is 16.3 Å². The van der Waals surface area contributed by atoms with Gasteiger partial charge in [-0.05, 0) is 30.7 Å². The molecule has 146 valence electrons. The summed E-state index contributed by atoms with van der Waals surface area (Å²) < 4.78 is 25.3. The van der Waals surface area contributed by atoms with Crippen LogP contribution >= 0.6 is 11.3 Å². The van der Waals surface area contributed by atoms with E-state index in [0.29, 0.717) is 26.2 Å². The number of amides is 1. The van der Waals surface area contributed by atoms with Crippen LogP contribution in [0.1, 0.15) is 19.3 Å². The third-order valence-electron chi connectivity index (χ3n) is 5.35. The molecule has 9 heteroatoms. The van der Waals surface area contributed by atoms with E-state index < -0.39 is 6.43 Å². The van der Waals surface area contributed by atoms with Gasteiger partial charge in [-0.15, -0.1) is 11.3 Å². The SMILES string of the molecule is O=C(C1CCCN1c1ncnc2sccc12)N1CCCN(CC(F)F)CC1. The number of carbonyl (C=O) groups excluding carboxylic acids is 1. The maximum absolute atomic E-state index is 13.2. The van der Waals surface area contributed by atoms with Crippen molar-refractivity contribution in [3.05, 3.63) is 17.8 Å². The Morgan fingerprint density at radius 1 is 1.19 bits per heavy atom. The van der Waals surface area contributed by atoms with Crippen LogP contribution in [0.15, 0.2) is 17.8 Å². The molecule has 1 amide bonds. The zero-order chi connectivity index (χ0) is 18.8. The summed E-state index contributed by atoms with van der Waals surface area (Å²) >= 11 is 1.57. The molecule has 4 heterocycles. The summed E-state index contributed by atoms with van der Waals surface area (Å²) in [4.78, 5) is 28.6. The van der Waals surface area contributed by atoms with Crippen LogP contribution in [0.3, 0.4) is 0 Å². The quantitative estimate of drug-likeness (QED) is 0.796. The standard InChI is InChI=1S/C18H23F2N5OS/c19-15(20)11-23-5-2-6-24(9-8-23)18(26)14-3-1-7-25(14)16-13-4-10-27-17(13)22-12-21-16/h4,10,12,14-15H,1-3,5-9,11H2. The minimum Gasteiger partial charge on any atom is -0.344 e. The monoisotopic (exact) mass is 395 g/mol. The van der Waals surface area contributed by atoms with E-state index in [1.54, 1.807) is 22.6 Å². The van der Waals surface area contributed by atoms with Gasteiger partial charge in [0.1, 0.15) is 23.0 Å². The van der Waals surface area contributed by atoms with Crippen LogP contribution < -0.4 is 4.90 Å². The fourth-order valence-electron chi connectivity index (χ4n) is 4.06. The Balaban J connectivity index is 1.49. The molecular formula is C18H23F2N5OS. The Labute approximate surface area is 160 Å². The summed E-state index contributed by atoms with van der Waals surface area (Å²) in [6, 6.07) is 1.77. The molecule has 0 radical (unpaired) electrons. The van der Waals surface area contributed by atoms with Crippen molar-refractivity contribution < 1.29 is 13.6 Å². The van der Waals surface area contributed by atoms with Gasteiger partial charge in [0.15, 0.2) is 0 Å². The fraction of sp³-hybridized carbons (Fsp3) is 0.611. The van der Waals surface area contributed by atoms with E-state index in [-0.39, 0.29) is 18.5 Å². The topological polar surface area (TPSA) is 52.6 Å². The molecule has 0 aromatic carbocycles. The third kappa shape index (κ3) is 3.89. The second-order valence-electron chi connectivity index (χ2n) is 7.06. The summed E-state index contributed by atoms with van der Waals surface area (Å²) in [7, 11) is 0. The Kier molecular flexibility index (Phi) is 5.49. The summed E-state index contributed by atoms with van der Waals surface area (Å²) in [6.07, 6.45) is 1.70. The molecule has 2 saturated heterocycles. The van der Waals surface area contributed by atoms with E-state index >= 15 is 0 Å². The van der Waals surface area contributed by atoms with Crippen molar-refractivity contribution in [1.29, 1.82) is 0 Å². The maximum Gasteiger partial charge on any atom is 0.251 e. The highest BCUT2D eigenvalue weighted by molar-refractivity contribution is 7.16. The molecule has 0 saturated carbocycles. The molecule has 1 atom stereocenters. The first-order valence-electron chi connectivity index (χ1n) is 9.37. The highest BCUT2D eigenvalue weighted by Gasteiger charge is 2.36. The molecule has 27 heavy (non-hydrogen) atoms. The molecule has 2 aromatic heterocycles. The Morgan fingerprint density at radius 3 is 2.93 bits per heavy atom. The van der Waals surface area contributed by atoms with Crippen LogP contribution in [-0.2, 0) is 4.79 Å². The van der Waals surface area contributed by atoms with E-state index in [4.69, 9.17) is 0 Å². The highest BCUT2D eigenvalue weighted by Crippen LogP contribution is 2.32. The number of carbonyl (C=O) groups is 1. The van der Waals surface area contributed by atoms with Gasteiger partial charge < -0.3 is 9.80 Å². The molecule has 2 fully saturated rings. The van der Waals surface area contributed by atoms with Gasteiger partial charge in [-0.2, -0.15) is 0 Å². The maximum atomic E-state index is 13.2. The number of hydrogen-bond donors (Lipinski definition) is 0. The van der Waals surface area contributed by atoms with Crippen molar-refractivity contribution in [3.63, 3.8) is 0 Å². The first-order chi connectivity index (χ1) is 13.1. The Morgan fingerprint density at radius 2 is 2.07 bits per heavy atom. The number of nitrogens with zero attached hydrogens (tertiary/aromatic N) is 5. The molecule has 6 nitrogen and oxygen atoms in total. The number of rotatable bonds is 4. The minimum atomic E-state index is -2.33. The normalized spacial score (nSPS) is 22.0. The van der Waals surface area contributed by atoms with Crippen molar-refractivity contribution in [3.8, 4) is 0 Å². The number of halogens is 2. The van der Waals surface area contributed by atoms with Crippen molar-refractivity contribution in [2.75, 3.05) is 44.2 Å². The lowest BCUT2D eigenvalue weighted by Crippen LogP contribution is -2.47. The van der Waals surface area contributed by atoms with Crippen molar-refractivity contribution in [1.82, 2.24) is 19.8 Å². The van der Waals surface area contributed by atoms with E-state index in [1.165, 1.54) is 0 Å². The minimum absolute atomic E-state index is 0.0911. The second kappa shape index (κ2) is 8.02. The smallest absolute Gasteiger partial charge is 0.251 e. The molecule has 4 rings (SSSR count). The van der Waals surface area contributed by atoms with Gasteiger partial charge >= 0.3 is 0 Å². The van der Waals surface area contributed by atoms with Crippen LogP contribution in [0.4, 0.5) is 14.6 Å². The third-order valence-corrected chi connectivity index (χ3v) is 6.17. The number of fused-ring (bicyclic) bond motifs is 1. The lowest BCUT2D eigenvalue weighted by atomic mass is 10.1. The molecule has 0 spiro atoms. The van der Waals surface area contributed by atoms with Gasteiger partial charge in [0.2, 0.25) is 5.91 Å². The van der Waals surface area contributed by atoms with Gasteiger partial charge in [0.05, 0.1) is 11.9 Å². The van der Waals surface area contributed by atoms with Crippen LogP contribution in [0.2, 0.25) is 0 Å². The number of anilines is 1. The van der Waals surface area contributed by atoms with Crippen molar-refractivity contribution in [2.45, 2.75) is 31.7 Å². The Bertz CT molecular complexity index is 801. The van der Waals surface area contributed by atoms with Crippen LogP contribution in [0.5, 0.6) is 0 Å². The van der Waals surface area contributed by atoms with E-state index in [9.17, 15) is 13.6 Å². The number of hydrogen-bond acceptors (Lipinski definition) is 6. The molecule has 2 aromatic rings. The zero-order valence-corrected chi connectivity index (χ0v) is 15.9.